The first-order valence-corrected chi connectivity index (χ1v) is 12.6. The number of nitrogens with zero attached hydrogens (tertiary/aromatic N) is 4. The predicted molar refractivity (Wildman–Crippen MR) is 138 cm³/mol. The van der Waals surface area contributed by atoms with Crippen LogP contribution >= 0.6 is 0 Å². The number of anilines is 2. The van der Waals surface area contributed by atoms with E-state index in [2.05, 4.69) is 61.6 Å². The van der Waals surface area contributed by atoms with Crippen molar-refractivity contribution < 1.29 is 9.59 Å². The standard InChI is InChI=1S/C28H30N6O2/c1-19-5-2-3-7-24(19)34-13-11-33(12-14-34)10-9-30-26(35)23-15-20-16-28(17-21(20)18-31-23)22-6-4-8-29-25(22)32-27(28)36/h2-8,15,18H,9-14,16-17H2,1H3,(H,30,35)(H,29,32,36). The summed E-state index contributed by atoms with van der Waals surface area (Å²) in [4.78, 5) is 39.3. The van der Waals surface area contributed by atoms with Gasteiger partial charge >= 0.3 is 0 Å². The summed E-state index contributed by atoms with van der Waals surface area (Å²) in [5.74, 6) is 0.442. The van der Waals surface area contributed by atoms with Gasteiger partial charge in [-0.25, -0.2) is 4.98 Å². The SMILES string of the molecule is Cc1ccccc1N1CCN(CCNC(=O)c2cc3c(cn2)CC2(C3)C(=O)Nc3ncccc32)CC1. The van der Waals surface area contributed by atoms with Gasteiger partial charge in [0.1, 0.15) is 11.5 Å². The molecule has 1 fully saturated rings. The van der Waals surface area contributed by atoms with E-state index in [0.29, 0.717) is 30.9 Å². The van der Waals surface area contributed by atoms with E-state index < -0.39 is 5.41 Å². The van der Waals surface area contributed by atoms with Crippen molar-refractivity contribution in [2.45, 2.75) is 25.2 Å². The van der Waals surface area contributed by atoms with Crippen molar-refractivity contribution in [3.05, 3.63) is 82.8 Å². The zero-order valence-electron chi connectivity index (χ0n) is 20.5. The number of rotatable bonds is 5. The molecule has 1 atom stereocenters. The highest BCUT2D eigenvalue weighted by molar-refractivity contribution is 6.06. The lowest BCUT2D eigenvalue weighted by molar-refractivity contribution is -0.120. The van der Waals surface area contributed by atoms with Crippen LogP contribution in [0.4, 0.5) is 11.5 Å². The van der Waals surface area contributed by atoms with Crippen molar-refractivity contribution in [1.82, 2.24) is 20.2 Å². The maximum absolute atomic E-state index is 12.9. The lowest BCUT2D eigenvalue weighted by Crippen LogP contribution is -2.48. The molecule has 0 radical (unpaired) electrons. The first-order chi connectivity index (χ1) is 17.5. The van der Waals surface area contributed by atoms with Gasteiger partial charge in [-0.15, -0.1) is 0 Å². The maximum Gasteiger partial charge on any atom is 0.269 e. The molecule has 8 heteroatoms. The molecule has 1 aromatic carbocycles. The largest absolute Gasteiger partial charge is 0.369 e. The third-order valence-electron chi connectivity index (χ3n) is 7.83. The van der Waals surface area contributed by atoms with E-state index in [4.69, 9.17) is 0 Å². The Labute approximate surface area is 210 Å². The summed E-state index contributed by atoms with van der Waals surface area (Å²) in [6.45, 7) is 7.46. The Morgan fingerprint density at radius 3 is 2.69 bits per heavy atom. The van der Waals surface area contributed by atoms with Crippen LogP contribution in [0.1, 0.15) is 32.7 Å². The number of carbonyl (C=O) groups excluding carboxylic acids is 2. The van der Waals surface area contributed by atoms with Gasteiger partial charge in [-0.05, 0) is 54.7 Å². The van der Waals surface area contributed by atoms with Crippen molar-refractivity contribution in [1.29, 1.82) is 0 Å². The van der Waals surface area contributed by atoms with Gasteiger partial charge in [0.2, 0.25) is 5.91 Å². The van der Waals surface area contributed by atoms with Gasteiger partial charge in [0.15, 0.2) is 0 Å². The van der Waals surface area contributed by atoms with Crippen LogP contribution in [0.2, 0.25) is 0 Å². The van der Waals surface area contributed by atoms with Gasteiger partial charge in [-0.2, -0.15) is 0 Å². The molecule has 1 spiro atoms. The van der Waals surface area contributed by atoms with Crippen LogP contribution < -0.4 is 15.5 Å². The number of aryl methyl sites for hydroxylation is 1. The second-order valence-electron chi connectivity index (χ2n) is 10.00. The Bertz CT molecular complexity index is 1330. The molecule has 1 aliphatic carbocycles. The summed E-state index contributed by atoms with van der Waals surface area (Å²) in [5.41, 5.74) is 5.33. The molecule has 2 N–H and O–H groups in total. The van der Waals surface area contributed by atoms with Gasteiger partial charge in [0, 0.05) is 62.9 Å². The van der Waals surface area contributed by atoms with Crippen LogP contribution in [-0.2, 0) is 23.1 Å². The molecule has 1 saturated heterocycles. The number of hydrogen-bond donors (Lipinski definition) is 2. The Morgan fingerprint density at radius 1 is 1.06 bits per heavy atom. The Balaban J connectivity index is 1.04. The first-order valence-electron chi connectivity index (χ1n) is 12.6. The van der Waals surface area contributed by atoms with E-state index in [0.717, 1.165) is 49.4 Å². The third kappa shape index (κ3) is 3.91. The van der Waals surface area contributed by atoms with Crippen LogP contribution in [0.25, 0.3) is 0 Å². The Hall–Kier alpha value is -3.78. The molecule has 6 rings (SSSR count). The fourth-order valence-electron chi connectivity index (χ4n) is 5.83. The second-order valence-corrected chi connectivity index (χ2v) is 10.00. The summed E-state index contributed by atoms with van der Waals surface area (Å²) >= 11 is 0. The van der Waals surface area contributed by atoms with Gasteiger partial charge in [0.25, 0.3) is 5.91 Å². The van der Waals surface area contributed by atoms with E-state index in [1.165, 1.54) is 11.3 Å². The van der Waals surface area contributed by atoms with Gasteiger partial charge in [-0.1, -0.05) is 24.3 Å². The number of amides is 2. The molecule has 3 aliphatic rings. The molecule has 0 bridgehead atoms. The van der Waals surface area contributed by atoms with Crippen LogP contribution in [0.15, 0.2) is 54.9 Å². The number of para-hydroxylation sites is 1. The van der Waals surface area contributed by atoms with Crippen LogP contribution in [0, 0.1) is 6.92 Å². The second kappa shape index (κ2) is 9.02. The monoisotopic (exact) mass is 482 g/mol. The number of benzene rings is 1. The lowest BCUT2D eigenvalue weighted by atomic mass is 9.79. The highest BCUT2D eigenvalue weighted by Crippen LogP contribution is 2.46. The Morgan fingerprint density at radius 2 is 1.86 bits per heavy atom. The molecule has 3 aromatic rings. The molecule has 8 nitrogen and oxygen atoms in total. The van der Waals surface area contributed by atoms with Gasteiger partial charge < -0.3 is 15.5 Å². The topological polar surface area (TPSA) is 90.5 Å². The molecule has 36 heavy (non-hydrogen) atoms. The van der Waals surface area contributed by atoms with Crippen molar-refractivity contribution in [2.75, 3.05) is 49.5 Å². The average Bonchev–Trinajstić information content (AvgIpc) is 3.41. The lowest BCUT2D eigenvalue weighted by Gasteiger charge is -2.36. The number of carbonyl (C=O) groups is 2. The first kappa shape index (κ1) is 22.7. The summed E-state index contributed by atoms with van der Waals surface area (Å²) in [6, 6.07) is 14.2. The van der Waals surface area contributed by atoms with Crippen molar-refractivity contribution in [3.8, 4) is 0 Å². The van der Waals surface area contributed by atoms with E-state index in [1.54, 1.807) is 12.4 Å². The smallest absolute Gasteiger partial charge is 0.269 e. The fourth-order valence-corrected chi connectivity index (χ4v) is 5.83. The summed E-state index contributed by atoms with van der Waals surface area (Å²) in [6.07, 6.45) is 4.58. The molecular formula is C28H30N6O2. The number of piperazine rings is 1. The van der Waals surface area contributed by atoms with Crippen molar-refractivity contribution in [2.24, 2.45) is 0 Å². The molecule has 0 saturated carbocycles. The molecule has 2 amide bonds. The zero-order chi connectivity index (χ0) is 24.7. The number of hydrogen-bond acceptors (Lipinski definition) is 6. The van der Waals surface area contributed by atoms with E-state index in [9.17, 15) is 9.59 Å². The summed E-state index contributed by atoms with van der Waals surface area (Å²) < 4.78 is 0. The fraction of sp³-hybridized carbons (Fsp3) is 0.357. The molecule has 2 aromatic heterocycles. The summed E-state index contributed by atoms with van der Waals surface area (Å²) in [5, 5.41) is 5.95. The number of pyridine rings is 2. The van der Waals surface area contributed by atoms with E-state index in [-0.39, 0.29) is 11.8 Å². The van der Waals surface area contributed by atoms with Gasteiger partial charge in [-0.3, -0.25) is 19.5 Å². The number of fused-ring (bicyclic) bond motifs is 3. The number of aromatic nitrogens is 2. The summed E-state index contributed by atoms with van der Waals surface area (Å²) in [7, 11) is 0. The Kier molecular flexibility index (Phi) is 5.68. The number of nitrogens with one attached hydrogen (secondary N) is 2. The highest BCUT2D eigenvalue weighted by atomic mass is 16.2. The van der Waals surface area contributed by atoms with E-state index >= 15 is 0 Å². The van der Waals surface area contributed by atoms with E-state index in [1.807, 2.05) is 18.2 Å². The minimum Gasteiger partial charge on any atom is -0.369 e. The van der Waals surface area contributed by atoms with Crippen LogP contribution in [-0.4, -0.2) is 66.0 Å². The highest BCUT2D eigenvalue weighted by Gasteiger charge is 2.51. The molecule has 184 valence electrons. The minimum absolute atomic E-state index is 0.0269. The predicted octanol–water partition coefficient (Wildman–Crippen LogP) is 2.33. The third-order valence-corrected chi connectivity index (χ3v) is 7.83. The van der Waals surface area contributed by atoms with Crippen molar-refractivity contribution >= 4 is 23.3 Å². The van der Waals surface area contributed by atoms with Crippen molar-refractivity contribution in [3.63, 3.8) is 0 Å². The molecule has 4 heterocycles. The molecule has 2 aliphatic heterocycles. The minimum atomic E-state index is -0.650. The molecular weight excluding hydrogens is 452 g/mol. The molecule has 1 unspecified atom stereocenters. The van der Waals surface area contributed by atoms with Crippen LogP contribution in [0.3, 0.4) is 0 Å². The maximum atomic E-state index is 12.9. The zero-order valence-corrected chi connectivity index (χ0v) is 20.5. The quantitative estimate of drug-likeness (QED) is 0.580. The average molecular weight is 483 g/mol. The van der Waals surface area contributed by atoms with Gasteiger partial charge in [0.05, 0.1) is 5.41 Å². The normalized spacial score (nSPS) is 20.8. The van der Waals surface area contributed by atoms with Crippen LogP contribution in [0.5, 0.6) is 0 Å².